The second kappa shape index (κ2) is 4.69. The van der Waals surface area contributed by atoms with Crippen molar-refractivity contribution in [1.29, 1.82) is 0 Å². The fourth-order valence-corrected chi connectivity index (χ4v) is 1.55. The number of aromatic amines is 1. The van der Waals surface area contributed by atoms with E-state index in [1.165, 1.54) is 6.20 Å². The third-order valence-electron chi connectivity index (χ3n) is 2.37. The Morgan fingerprint density at radius 1 is 1.18 bits per heavy atom. The van der Waals surface area contributed by atoms with Gasteiger partial charge in [-0.15, -0.1) is 0 Å². The Morgan fingerprint density at radius 3 is 2.65 bits per heavy atom. The van der Waals surface area contributed by atoms with Crippen molar-refractivity contribution in [2.75, 3.05) is 14.2 Å². The summed E-state index contributed by atoms with van der Waals surface area (Å²) in [6.45, 7) is 0. The molecule has 1 aromatic heterocycles. The molecule has 1 heterocycles. The lowest BCUT2D eigenvalue weighted by atomic mass is 10.1. The van der Waals surface area contributed by atoms with Crippen molar-refractivity contribution >= 4 is 0 Å². The fourth-order valence-electron chi connectivity index (χ4n) is 1.55. The molecule has 0 aliphatic carbocycles. The second-order valence-corrected chi connectivity index (χ2v) is 3.35. The molecule has 0 fully saturated rings. The highest BCUT2D eigenvalue weighted by atomic mass is 16.5. The number of nitrogens with one attached hydrogen (secondary N) is 1. The lowest BCUT2D eigenvalue weighted by Gasteiger charge is -2.09. The minimum Gasteiger partial charge on any atom is -0.497 e. The number of ether oxygens (including phenoxy) is 2. The molecule has 2 aromatic rings. The fraction of sp³-hybridized carbons (Fsp3) is 0.167. The second-order valence-electron chi connectivity index (χ2n) is 3.35. The zero-order valence-electron chi connectivity index (χ0n) is 9.56. The predicted molar refractivity (Wildman–Crippen MR) is 63.4 cm³/mol. The molecule has 5 heteroatoms. The molecule has 0 aliphatic heterocycles. The molecule has 0 bridgehead atoms. The number of benzene rings is 1. The van der Waals surface area contributed by atoms with E-state index in [2.05, 4.69) is 9.97 Å². The van der Waals surface area contributed by atoms with Crippen molar-refractivity contribution in [3.63, 3.8) is 0 Å². The Kier molecular flexibility index (Phi) is 3.09. The maximum atomic E-state index is 11.2. The Hall–Kier alpha value is -2.30. The van der Waals surface area contributed by atoms with Gasteiger partial charge in [-0.1, -0.05) is 0 Å². The molecule has 0 radical (unpaired) electrons. The van der Waals surface area contributed by atoms with Crippen molar-refractivity contribution in [3.05, 3.63) is 40.9 Å². The molecule has 0 saturated heterocycles. The van der Waals surface area contributed by atoms with Crippen molar-refractivity contribution < 1.29 is 9.47 Å². The average molecular weight is 232 g/mol. The van der Waals surface area contributed by atoms with Crippen molar-refractivity contribution in [1.82, 2.24) is 9.97 Å². The molecule has 0 saturated carbocycles. The van der Waals surface area contributed by atoms with Crippen LogP contribution in [0.4, 0.5) is 0 Å². The van der Waals surface area contributed by atoms with E-state index in [0.717, 1.165) is 5.56 Å². The van der Waals surface area contributed by atoms with Crippen LogP contribution < -0.4 is 15.2 Å². The van der Waals surface area contributed by atoms with E-state index in [4.69, 9.17) is 9.47 Å². The zero-order chi connectivity index (χ0) is 12.3. The van der Waals surface area contributed by atoms with E-state index in [9.17, 15) is 4.79 Å². The highest BCUT2D eigenvalue weighted by Crippen LogP contribution is 2.31. The summed E-state index contributed by atoms with van der Waals surface area (Å²) < 4.78 is 10.4. The first-order chi connectivity index (χ1) is 8.24. The number of hydrogen-bond donors (Lipinski definition) is 1. The molecule has 0 spiro atoms. The first-order valence-electron chi connectivity index (χ1n) is 5.02. The SMILES string of the molecule is COc1ccc(-c2ccnc(=O)[nH]2)c(OC)c1. The summed E-state index contributed by atoms with van der Waals surface area (Å²) in [6.07, 6.45) is 1.46. The lowest BCUT2D eigenvalue weighted by molar-refractivity contribution is 0.395. The van der Waals surface area contributed by atoms with Crippen molar-refractivity contribution in [2.45, 2.75) is 0 Å². The molecule has 88 valence electrons. The highest BCUT2D eigenvalue weighted by molar-refractivity contribution is 5.68. The molecule has 17 heavy (non-hydrogen) atoms. The Bertz CT molecular complexity index is 578. The summed E-state index contributed by atoms with van der Waals surface area (Å²) in [4.78, 5) is 17.4. The van der Waals surface area contributed by atoms with Gasteiger partial charge in [-0.2, -0.15) is 0 Å². The number of rotatable bonds is 3. The smallest absolute Gasteiger partial charge is 0.345 e. The van der Waals surface area contributed by atoms with Crippen LogP contribution in [0.3, 0.4) is 0 Å². The first-order valence-corrected chi connectivity index (χ1v) is 5.02. The number of hydrogen-bond acceptors (Lipinski definition) is 4. The van der Waals surface area contributed by atoms with Crippen molar-refractivity contribution in [2.24, 2.45) is 0 Å². The molecule has 5 nitrogen and oxygen atoms in total. The topological polar surface area (TPSA) is 64.2 Å². The van der Waals surface area contributed by atoms with Crippen LogP contribution in [-0.4, -0.2) is 24.2 Å². The molecule has 0 atom stereocenters. The van der Waals surface area contributed by atoms with E-state index >= 15 is 0 Å². The van der Waals surface area contributed by atoms with Crippen LogP contribution in [0.5, 0.6) is 11.5 Å². The van der Waals surface area contributed by atoms with Gasteiger partial charge in [-0.3, -0.25) is 0 Å². The summed E-state index contributed by atoms with van der Waals surface area (Å²) in [5.41, 5.74) is 1.05. The molecule has 0 aliphatic rings. The monoisotopic (exact) mass is 232 g/mol. The normalized spacial score (nSPS) is 10.0. The third kappa shape index (κ3) is 2.28. The summed E-state index contributed by atoms with van der Waals surface area (Å²) >= 11 is 0. The van der Waals surface area contributed by atoms with Gasteiger partial charge in [-0.25, -0.2) is 9.78 Å². The van der Waals surface area contributed by atoms with Gasteiger partial charge in [0.05, 0.1) is 19.9 Å². The van der Waals surface area contributed by atoms with Crippen LogP contribution in [0.25, 0.3) is 11.3 Å². The van der Waals surface area contributed by atoms with Gasteiger partial charge in [0.25, 0.3) is 0 Å². The van der Waals surface area contributed by atoms with E-state index in [-0.39, 0.29) is 5.69 Å². The van der Waals surface area contributed by atoms with E-state index < -0.39 is 0 Å². The standard InChI is InChI=1S/C12H12N2O3/c1-16-8-3-4-9(11(7-8)17-2)10-5-6-13-12(15)14-10/h3-7H,1-2H3,(H,13,14,15). The van der Waals surface area contributed by atoms with E-state index in [1.54, 1.807) is 32.4 Å². The quantitative estimate of drug-likeness (QED) is 0.870. The maximum Gasteiger partial charge on any atom is 0.345 e. The molecule has 2 rings (SSSR count). The van der Waals surface area contributed by atoms with Gasteiger partial charge in [-0.05, 0) is 18.2 Å². The van der Waals surface area contributed by atoms with Gasteiger partial charge in [0, 0.05) is 17.8 Å². The number of H-pyrrole nitrogens is 1. The van der Waals surface area contributed by atoms with Crippen LogP contribution in [-0.2, 0) is 0 Å². The summed E-state index contributed by atoms with van der Waals surface area (Å²) in [6, 6.07) is 7.10. The van der Waals surface area contributed by atoms with Gasteiger partial charge in [0.1, 0.15) is 11.5 Å². The van der Waals surface area contributed by atoms with Gasteiger partial charge in [0.2, 0.25) is 0 Å². The lowest BCUT2D eigenvalue weighted by Crippen LogP contribution is -2.09. The summed E-state index contributed by atoms with van der Waals surface area (Å²) in [7, 11) is 3.15. The number of aromatic nitrogens is 2. The maximum absolute atomic E-state index is 11.2. The summed E-state index contributed by atoms with van der Waals surface area (Å²) in [5, 5.41) is 0. The zero-order valence-corrected chi connectivity index (χ0v) is 9.56. The van der Waals surface area contributed by atoms with Crippen molar-refractivity contribution in [3.8, 4) is 22.8 Å². The molecule has 0 amide bonds. The largest absolute Gasteiger partial charge is 0.497 e. The minimum atomic E-state index is -0.389. The Labute approximate surface area is 98.0 Å². The van der Waals surface area contributed by atoms with Crippen LogP contribution in [0.1, 0.15) is 0 Å². The molecule has 0 unspecified atom stereocenters. The average Bonchev–Trinajstić information content (AvgIpc) is 2.38. The first kappa shape index (κ1) is 11.2. The molecule has 1 aromatic carbocycles. The number of methoxy groups -OCH3 is 2. The molecule has 1 N–H and O–H groups in total. The van der Waals surface area contributed by atoms with E-state index in [1.807, 2.05) is 6.07 Å². The highest BCUT2D eigenvalue weighted by Gasteiger charge is 2.07. The van der Waals surface area contributed by atoms with E-state index in [0.29, 0.717) is 17.2 Å². The molecular weight excluding hydrogens is 220 g/mol. The van der Waals surface area contributed by atoms with Gasteiger partial charge in [0.15, 0.2) is 0 Å². The van der Waals surface area contributed by atoms with Gasteiger partial charge < -0.3 is 14.5 Å². The van der Waals surface area contributed by atoms with Crippen LogP contribution in [0.2, 0.25) is 0 Å². The number of nitrogens with zero attached hydrogens (tertiary/aromatic N) is 1. The van der Waals surface area contributed by atoms with Gasteiger partial charge >= 0.3 is 5.69 Å². The Balaban J connectivity index is 2.55. The summed E-state index contributed by atoms with van der Waals surface area (Å²) in [5.74, 6) is 1.33. The third-order valence-corrected chi connectivity index (χ3v) is 2.37. The Morgan fingerprint density at radius 2 is 2.00 bits per heavy atom. The molecular formula is C12H12N2O3. The van der Waals surface area contributed by atoms with Crippen LogP contribution in [0, 0.1) is 0 Å². The minimum absolute atomic E-state index is 0.389. The predicted octanol–water partition coefficient (Wildman–Crippen LogP) is 1.45. The van der Waals surface area contributed by atoms with Crippen LogP contribution in [0.15, 0.2) is 35.3 Å². The van der Waals surface area contributed by atoms with Crippen LogP contribution >= 0.6 is 0 Å².